The van der Waals surface area contributed by atoms with Crippen LogP contribution in [0.1, 0.15) is 44.9 Å². The van der Waals surface area contributed by atoms with Crippen LogP contribution in [0.3, 0.4) is 0 Å². The van der Waals surface area contributed by atoms with Crippen LogP contribution in [0.25, 0.3) is 0 Å². The number of primary amides is 1. The summed E-state index contributed by atoms with van der Waals surface area (Å²) in [5.74, 6) is 0.256. The van der Waals surface area contributed by atoms with E-state index in [0.29, 0.717) is 12.3 Å². The zero-order valence-electron chi connectivity index (χ0n) is 8.17. The predicted molar refractivity (Wildman–Crippen MR) is 53.0 cm³/mol. The van der Waals surface area contributed by atoms with Crippen molar-refractivity contribution in [2.75, 3.05) is 0 Å². The van der Waals surface area contributed by atoms with Crippen molar-refractivity contribution in [2.45, 2.75) is 51.0 Å². The maximum absolute atomic E-state index is 10.7. The van der Waals surface area contributed by atoms with Crippen LogP contribution in [0.15, 0.2) is 0 Å². The van der Waals surface area contributed by atoms with Crippen LogP contribution in [0.5, 0.6) is 0 Å². The van der Waals surface area contributed by atoms with Gasteiger partial charge in [-0.05, 0) is 18.8 Å². The summed E-state index contributed by atoms with van der Waals surface area (Å²) < 4.78 is 0. The lowest BCUT2D eigenvalue weighted by atomic mass is 9.90. The molecule has 0 unspecified atom stereocenters. The first-order valence-electron chi connectivity index (χ1n) is 5.24. The molecule has 1 amide bonds. The molecular formula is C10H20N2O. The van der Waals surface area contributed by atoms with E-state index in [2.05, 4.69) is 0 Å². The molecule has 1 aliphatic rings. The van der Waals surface area contributed by atoms with E-state index in [0.717, 1.165) is 0 Å². The van der Waals surface area contributed by atoms with Gasteiger partial charge in [-0.3, -0.25) is 4.79 Å². The Morgan fingerprint density at radius 1 is 1.23 bits per heavy atom. The Morgan fingerprint density at radius 3 is 2.23 bits per heavy atom. The quantitative estimate of drug-likeness (QED) is 0.646. The highest BCUT2D eigenvalue weighted by Gasteiger charge is 2.20. The van der Waals surface area contributed by atoms with Crippen molar-refractivity contribution in [1.82, 2.24) is 0 Å². The molecule has 0 spiro atoms. The highest BCUT2D eigenvalue weighted by Crippen LogP contribution is 2.25. The molecule has 0 saturated heterocycles. The van der Waals surface area contributed by atoms with Crippen LogP contribution in [-0.4, -0.2) is 11.9 Å². The largest absolute Gasteiger partial charge is 0.370 e. The average molecular weight is 184 g/mol. The van der Waals surface area contributed by atoms with Gasteiger partial charge in [-0.1, -0.05) is 25.7 Å². The minimum Gasteiger partial charge on any atom is -0.370 e. The third-order valence-corrected chi connectivity index (χ3v) is 2.94. The Bertz CT molecular complexity index is 162. The van der Waals surface area contributed by atoms with Gasteiger partial charge in [-0.25, -0.2) is 0 Å². The van der Waals surface area contributed by atoms with Gasteiger partial charge in [0.1, 0.15) is 0 Å². The molecule has 1 atom stereocenters. The van der Waals surface area contributed by atoms with E-state index >= 15 is 0 Å². The fourth-order valence-corrected chi connectivity index (χ4v) is 2.14. The molecule has 0 aromatic carbocycles. The first kappa shape index (κ1) is 10.5. The van der Waals surface area contributed by atoms with E-state index in [4.69, 9.17) is 11.5 Å². The summed E-state index contributed by atoms with van der Waals surface area (Å²) in [7, 11) is 0. The second kappa shape index (κ2) is 5.22. The molecule has 4 N–H and O–H groups in total. The van der Waals surface area contributed by atoms with Gasteiger partial charge in [0.05, 0.1) is 0 Å². The van der Waals surface area contributed by atoms with E-state index in [-0.39, 0.29) is 11.9 Å². The monoisotopic (exact) mass is 184 g/mol. The van der Waals surface area contributed by atoms with Gasteiger partial charge in [-0.2, -0.15) is 0 Å². The first-order valence-corrected chi connectivity index (χ1v) is 5.24. The Balaban J connectivity index is 2.34. The zero-order valence-corrected chi connectivity index (χ0v) is 8.17. The summed E-state index contributed by atoms with van der Waals surface area (Å²) in [5.41, 5.74) is 11.0. The number of hydrogen-bond acceptors (Lipinski definition) is 2. The van der Waals surface area contributed by atoms with Gasteiger partial charge in [0.2, 0.25) is 5.91 Å². The van der Waals surface area contributed by atoms with Crippen molar-refractivity contribution in [2.24, 2.45) is 17.4 Å². The van der Waals surface area contributed by atoms with Crippen LogP contribution in [0.4, 0.5) is 0 Å². The summed E-state index contributed by atoms with van der Waals surface area (Å²) in [6, 6.07) is -0.00407. The molecule has 13 heavy (non-hydrogen) atoms. The van der Waals surface area contributed by atoms with Crippen LogP contribution in [-0.2, 0) is 4.79 Å². The molecule has 1 saturated carbocycles. The Hall–Kier alpha value is -0.570. The Kier molecular flexibility index (Phi) is 4.22. The van der Waals surface area contributed by atoms with Crippen molar-refractivity contribution < 1.29 is 4.79 Å². The summed E-state index contributed by atoms with van der Waals surface area (Å²) in [5, 5.41) is 0. The molecule has 0 heterocycles. The van der Waals surface area contributed by atoms with Crippen LogP contribution >= 0.6 is 0 Å². The number of carbonyl (C=O) groups excluding carboxylic acids is 1. The number of amides is 1. The molecule has 1 aliphatic carbocycles. The SMILES string of the molecule is NC(=O)C[C@@H](N)C1CCCCCC1. The maximum Gasteiger partial charge on any atom is 0.218 e. The van der Waals surface area contributed by atoms with Crippen LogP contribution in [0.2, 0.25) is 0 Å². The predicted octanol–water partition coefficient (Wildman–Crippen LogP) is 1.16. The Morgan fingerprint density at radius 2 is 1.77 bits per heavy atom. The smallest absolute Gasteiger partial charge is 0.218 e. The highest BCUT2D eigenvalue weighted by molar-refractivity contribution is 5.74. The number of hydrogen-bond donors (Lipinski definition) is 2. The van der Waals surface area contributed by atoms with Gasteiger partial charge in [0.15, 0.2) is 0 Å². The number of rotatable bonds is 3. The molecule has 76 valence electrons. The Labute approximate surface area is 79.9 Å². The van der Waals surface area contributed by atoms with E-state index in [1.165, 1.54) is 38.5 Å². The molecule has 0 aromatic heterocycles. The summed E-state index contributed by atoms with van der Waals surface area (Å²) in [6.07, 6.45) is 7.86. The topological polar surface area (TPSA) is 69.1 Å². The molecule has 1 rings (SSSR count). The summed E-state index contributed by atoms with van der Waals surface area (Å²) >= 11 is 0. The van der Waals surface area contributed by atoms with Crippen molar-refractivity contribution in [3.8, 4) is 0 Å². The zero-order chi connectivity index (χ0) is 9.68. The second-order valence-corrected chi connectivity index (χ2v) is 4.09. The normalized spacial score (nSPS) is 22.2. The molecule has 0 aromatic rings. The van der Waals surface area contributed by atoms with Crippen LogP contribution in [0, 0.1) is 5.92 Å². The van der Waals surface area contributed by atoms with Crippen molar-refractivity contribution in [3.63, 3.8) is 0 Å². The first-order chi connectivity index (χ1) is 6.20. The fraction of sp³-hybridized carbons (Fsp3) is 0.900. The van der Waals surface area contributed by atoms with E-state index in [1.807, 2.05) is 0 Å². The van der Waals surface area contributed by atoms with Gasteiger partial charge < -0.3 is 11.5 Å². The molecule has 3 heteroatoms. The minimum absolute atomic E-state index is 0.00407. The molecule has 0 radical (unpaired) electrons. The van der Waals surface area contributed by atoms with E-state index in [1.54, 1.807) is 0 Å². The van der Waals surface area contributed by atoms with E-state index in [9.17, 15) is 4.79 Å². The molecule has 0 aliphatic heterocycles. The number of carbonyl (C=O) groups is 1. The van der Waals surface area contributed by atoms with Crippen molar-refractivity contribution in [1.29, 1.82) is 0 Å². The third-order valence-electron chi connectivity index (χ3n) is 2.94. The summed E-state index contributed by atoms with van der Waals surface area (Å²) in [6.45, 7) is 0. The minimum atomic E-state index is -0.267. The maximum atomic E-state index is 10.7. The lowest BCUT2D eigenvalue weighted by Crippen LogP contribution is -2.34. The van der Waals surface area contributed by atoms with E-state index < -0.39 is 0 Å². The van der Waals surface area contributed by atoms with Crippen molar-refractivity contribution >= 4 is 5.91 Å². The highest BCUT2D eigenvalue weighted by atomic mass is 16.1. The standard InChI is InChI=1S/C10H20N2O/c11-9(7-10(12)13)8-5-3-1-2-4-6-8/h8-9H,1-7,11H2,(H2,12,13)/t9-/m1/s1. The van der Waals surface area contributed by atoms with Gasteiger partial charge in [0, 0.05) is 12.5 Å². The third kappa shape index (κ3) is 3.77. The molecular weight excluding hydrogens is 164 g/mol. The average Bonchev–Trinajstić information content (AvgIpc) is 2.29. The lowest BCUT2D eigenvalue weighted by molar-refractivity contribution is -0.118. The lowest BCUT2D eigenvalue weighted by Gasteiger charge is -2.20. The van der Waals surface area contributed by atoms with Gasteiger partial charge in [-0.15, -0.1) is 0 Å². The molecule has 3 nitrogen and oxygen atoms in total. The molecule has 0 bridgehead atoms. The molecule has 1 fully saturated rings. The fourth-order valence-electron chi connectivity index (χ4n) is 2.14. The van der Waals surface area contributed by atoms with Gasteiger partial charge in [0.25, 0.3) is 0 Å². The number of nitrogens with two attached hydrogens (primary N) is 2. The van der Waals surface area contributed by atoms with Crippen LogP contribution < -0.4 is 11.5 Å². The van der Waals surface area contributed by atoms with Gasteiger partial charge >= 0.3 is 0 Å². The second-order valence-electron chi connectivity index (χ2n) is 4.09. The summed E-state index contributed by atoms with van der Waals surface area (Å²) in [4.78, 5) is 10.7. The van der Waals surface area contributed by atoms with Crippen molar-refractivity contribution in [3.05, 3.63) is 0 Å².